The van der Waals surface area contributed by atoms with Crippen LogP contribution in [0.5, 0.6) is 0 Å². The molecule has 2 N–H and O–H groups in total. The molecule has 1 aromatic rings. The van der Waals surface area contributed by atoms with Gasteiger partial charge in [0.1, 0.15) is 0 Å². The molecule has 0 atom stereocenters. The quantitative estimate of drug-likeness (QED) is 0.554. The molecule has 1 rings (SSSR count). The Bertz CT molecular complexity index is 593. The molecule has 0 saturated heterocycles. The van der Waals surface area contributed by atoms with E-state index < -0.39 is 49.9 Å². The molecule has 112 valence electrons. The van der Waals surface area contributed by atoms with Gasteiger partial charge in [0.05, 0.1) is 33.3 Å². The number of carbonyl (C=O) groups is 1. The van der Waals surface area contributed by atoms with Crippen molar-refractivity contribution in [3.63, 3.8) is 0 Å². The zero-order valence-corrected chi connectivity index (χ0v) is 10.2. The Labute approximate surface area is 115 Å². The average Bonchev–Trinajstić information content (AvgIpc) is 2.37. The molecule has 0 fully saturated rings. The van der Waals surface area contributed by atoms with Crippen molar-refractivity contribution in [2.45, 2.75) is 6.42 Å². The third-order valence-electron chi connectivity index (χ3n) is 2.33. The Balaban J connectivity index is 3.35. The molecular formula is C9H8N4O8. The Morgan fingerprint density at radius 1 is 1.05 bits per heavy atom. The van der Waals surface area contributed by atoms with E-state index in [1.54, 1.807) is 0 Å². The maximum Gasteiger partial charge on any atom is 0.306 e. The van der Waals surface area contributed by atoms with Gasteiger partial charge >= 0.3 is 17.3 Å². The molecule has 0 saturated carbocycles. The second-order valence-electron chi connectivity index (χ2n) is 3.70. The van der Waals surface area contributed by atoms with Crippen LogP contribution >= 0.6 is 0 Å². The molecule has 0 amide bonds. The van der Waals surface area contributed by atoms with Gasteiger partial charge in [0, 0.05) is 6.54 Å². The smallest absolute Gasteiger partial charge is 0.306 e. The molecule has 0 aliphatic rings. The van der Waals surface area contributed by atoms with Crippen LogP contribution in [-0.4, -0.2) is 32.4 Å². The molecular weight excluding hydrogens is 292 g/mol. The zero-order chi connectivity index (χ0) is 16.2. The van der Waals surface area contributed by atoms with Gasteiger partial charge in [0.15, 0.2) is 5.69 Å². The highest BCUT2D eigenvalue weighted by atomic mass is 16.6. The summed E-state index contributed by atoms with van der Waals surface area (Å²) < 4.78 is 0. The standard InChI is InChI=1S/C9H8N4O8/c14-8(15)1-2-10-9-6(12(18)19)3-5(11(16)17)4-7(9)13(20)21/h3-4,10H,1-2H2,(H,14,15). The lowest BCUT2D eigenvalue weighted by atomic mass is 10.2. The predicted octanol–water partition coefficient (Wildman–Crippen LogP) is 1.30. The Morgan fingerprint density at radius 2 is 1.52 bits per heavy atom. The fourth-order valence-corrected chi connectivity index (χ4v) is 1.47. The van der Waals surface area contributed by atoms with Crippen LogP contribution in [0.15, 0.2) is 12.1 Å². The van der Waals surface area contributed by atoms with Gasteiger partial charge in [-0.1, -0.05) is 0 Å². The monoisotopic (exact) mass is 300 g/mol. The van der Waals surface area contributed by atoms with Gasteiger partial charge in [0.2, 0.25) is 0 Å². The van der Waals surface area contributed by atoms with Gasteiger partial charge in [-0.15, -0.1) is 0 Å². The molecule has 0 radical (unpaired) electrons. The van der Waals surface area contributed by atoms with Gasteiger partial charge in [-0.05, 0) is 0 Å². The number of nitrogens with one attached hydrogen (secondary N) is 1. The summed E-state index contributed by atoms with van der Waals surface area (Å²) >= 11 is 0. The molecule has 0 heterocycles. The van der Waals surface area contributed by atoms with E-state index in [4.69, 9.17) is 5.11 Å². The minimum absolute atomic E-state index is 0.311. The number of hydrogen-bond acceptors (Lipinski definition) is 8. The lowest BCUT2D eigenvalue weighted by Crippen LogP contribution is -2.11. The van der Waals surface area contributed by atoms with E-state index >= 15 is 0 Å². The van der Waals surface area contributed by atoms with E-state index in [0.717, 1.165) is 0 Å². The minimum Gasteiger partial charge on any atom is -0.481 e. The largest absolute Gasteiger partial charge is 0.481 e. The highest BCUT2D eigenvalue weighted by Crippen LogP contribution is 2.38. The summed E-state index contributed by atoms with van der Waals surface area (Å²) in [6, 6.07) is 1.13. The minimum atomic E-state index is -1.21. The molecule has 1 aromatic carbocycles. The van der Waals surface area contributed by atoms with Crippen LogP contribution in [-0.2, 0) is 4.79 Å². The van der Waals surface area contributed by atoms with E-state index in [2.05, 4.69) is 5.32 Å². The summed E-state index contributed by atoms with van der Waals surface area (Å²) in [5, 5.41) is 43.1. The van der Waals surface area contributed by atoms with E-state index in [-0.39, 0.29) is 6.54 Å². The van der Waals surface area contributed by atoms with Gasteiger partial charge in [-0.2, -0.15) is 0 Å². The summed E-state index contributed by atoms with van der Waals surface area (Å²) in [7, 11) is 0. The molecule has 0 bridgehead atoms. The summed E-state index contributed by atoms with van der Waals surface area (Å²) in [6.45, 7) is -0.311. The van der Waals surface area contributed by atoms with Crippen LogP contribution in [0.1, 0.15) is 6.42 Å². The van der Waals surface area contributed by atoms with E-state index in [0.29, 0.717) is 12.1 Å². The number of nitro groups is 3. The van der Waals surface area contributed by atoms with E-state index in [1.807, 2.05) is 0 Å². The highest BCUT2D eigenvalue weighted by Gasteiger charge is 2.30. The molecule has 0 aromatic heterocycles. The Hall–Kier alpha value is -3.31. The first-order chi connectivity index (χ1) is 9.73. The van der Waals surface area contributed by atoms with Crippen LogP contribution < -0.4 is 5.32 Å². The number of non-ortho nitro benzene ring substituents is 1. The normalized spacial score (nSPS) is 9.90. The van der Waals surface area contributed by atoms with Crippen LogP contribution in [0.2, 0.25) is 0 Å². The number of rotatable bonds is 7. The molecule has 0 aliphatic heterocycles. The first-order valence-electron chi connectivity index (χ1n) is 5.31. The van der Waals surface area contributed by atoms with Crippen LogP contribution in [0.3, 0.4) is 0 Å². The van der Waals surface area contributed by atoms with Crippen LogP contribution in [0, 0.1) is 30.3 Å². The first-order valence-corrected chi connectivity index (χ1v) is 5.31. The fraction of sp³-hybridized carbons (Fsp3) is 0.222. The number of carboxylic acids is 1. The summed E-state index contributed by atoms with van der Waals surface area (Å²) in [4.78, 5) is 39.7. The van der Waals surface area contributed by atoms with E-state index in [1.165, 1.54) is 0 Å². The van der Waals surface area contributed by atoms with Crippen molar-refractivity contribution in [2.24, 2.45) is 0 Å². The lowest BCUT2D eigenvalue weighted by Gasteiger charge is -2.06. The number of nitro benzene ring substituents is 3. The third-order valence-corrected chi connectivity index (χ3v) is 2.33. The van der Waals surface area contributed by atoms with Gasteiger partial charge in [-0.3, -0.25) is 35.1 Å². The van der Waals surface area contributed by atoms with E-state index in [9.17, 15) is 35.1 Å². The number of anilines is 1. The second-order valence-corrected chi connectivity index (χ2v) is 3.70. The molecule has 12 heteroatoms. The summed E-state index contributed by atoms with van der Waals surface area (Å²) in [5.74, 6) is -1.21. The van der Waals surface area contributed by atoms with Gasteiger partial charge < -0.3 is 10.4 Å². The molecule has 21 heavy (non-hydrogen) atoms. The summed E-state index contributed by atoms with van der Waals surface area (Å²) in [6.07, 6.45) is -0.439. The van der Waals surface area contributed by atoms with Crippen molar-refractivity contribution in [3.05, 3.63) is 42.5 Å². The highest BCUT2D eigenvalue weighted by molar-refractivity contribution is 5.77. The Morgan fingerprint density at radius 3 is 1.86 bits per heavy atom. The second kappa shape index (κ2) is 6.23. The number of aliphatic carboxylic acids is 1. The average molecular weight is 300 g/mol. The maximum atomic E-state index is 10.9. The molecule has 0 spiro atoms. The maximum absolute atomic E-state index is 10.9. The summed E-state index contributed by atoms with van der Waals surface area (Å²) in [5.41, 5.74) is -3.13. The van der Waals surface area contributed by atoms with Crippen molar-refractivity contribution in [1.29, 1.82) is 0 Å². The van der Waals surface area contributed by atoms with Crippen molar-refractivity contribution in [3.8, 4) is 0 Å². The van der Waals surface area contributed by atoms with Crippen molar-refractivity contribution in [2.75, 3.05) is 11.9 Å². The van der Waals surface area contributed by atoms with Crippen molar-refractivity contribution in [1.82, 2.24) is 0 Å². The zero-order valence-electron chi connectivity index (χ0n) is 10.2. The number of nitrogens with zero attached hydrogens (tertiary/aromatic N) is 3. The first kappa shape index (κ1) is 15.7. The SMILES string of the molecule is O=C(O)CCNc1c([N+](=O)[O-])cc([N+](=O)[O-])cc1[N+](=O)[O-]. The van der Waals surface area contributed by atoms with Gasteiger partial charge in [-0.25, -0.2) is 0 Å². The molecule has 12 nitrogen and oxygen atoms in total. The topological polar surface area (TPSA) is 179 Å². The van der Waals surface area contributed by atoms with Crippen molar-refractivity contribution < 1.29 is 24.7 Å². The molecule has 0 aliphatic carbocycles. The number of carboxylic acid groups (broad SMARTS) is 1. The van der Waals surface area contributed by atoms with Crippen molar-refractivity contribution >= 4 is 28.7 Å². The predicted molar refractivity (Wildman–Crippen MR) is 67.1 cm³/mol. The number of benzene rings is 1. The number of hydrogen-bond donors (Lipinski definition) is 2. The van der Waals surface area contributed by atoms with Gasteiger partial charge in [0.25, 0.3) is 5.69 Å². The Kier molecular flexibility index (Phi) is 4.67. The third kappa shape index (κ3) is 3.82. The van der Waals surface area contributed by atoms with Crippen LogP contribution in [0.4, 0.5) is 22.7 Å². The molecule has 0 unspecified atom stereocenters. The van der Waals surface area contributed by atoms with Crippen LogP contribution in [0.25, 0.3) is 0 Å². The lowest BCUT2D eigenvalue weighted by molar-refractivity contribution is -0.401. The fourth-order valence-electron chi connectivity index (χ4n) is 1.47.